The molecule has 2 unspecified atom stereocenters. The van der Waals surface area contributed by atoms with E-state index in [1.54, 1.807) is 0 Å². The molecule has 2 rings (SSSR count). The van der Waals surface area contributed by atoms with Crippen LogP contribution in [0.2, 0.25) is 0 Å². The molecule has 1 heterocycles. The van der Waals surface area contributed by atoms with Gasteiger partial charge in [-0.1, -0.05) is 19.9 Å². The lowest BCUT2D eigenvalue weighted by Crippen LogP contribution is -2.20. The maximum atomic E-state index is 4.27. The van der Waals surface area contributed by atoms with Gasteiger partial charge in [0, 0.05) is 12.2 Å². The molecule has 0 spiro atoms. The highest BCUT2D eigenvalue weighted by atomic mass is 15.0. The second-order valence-corrected chi connectivity index (χ2v) is 4.95. The van der Waals surface area contributed by atoms with Crippen LogP contribution in [0.1, 0.15) is 27.2 Å². The van der Waals surface area contributed by atoms with E-state index >= 15 is 0 Å². The average Bonchev–Trinajstić information content (AvgIpc) is 2.77. The van der Waals surface area contributed by atoms with Gasteiger partial charge in [-0.2, -0.15) is 0 Å². The summed E-state index contributed by atoms with van der Waals surface area (Å²) < 4.78 is 0. The molecule has 0 radical (unpaired) electrons. The molecule has 1 aliphatic carbocycles. The third-order valence-corrected chi connectivity index (χ3v) is 3.23. The predicted octanol–water partition coefficient (Wildman–Crippen LogP) is 2.93. The van der Waals surface area contributed by atoms with Crippen molar-refractivity contribution in [1.29, 1.82) is 0 Å². The Bertz CT molecular complexity index is 305. The summed E-state index contributed by atoms with van der Waals surface area (Å²) in [5.74, 6) is 1.78. The summed E-state index contributed by atoms with van der Waals surface area (Å²) in [5.41, 5.74) is 0.529. The highest BCUT2D eigenvalue weighted by molar-refractivity contribution is 5.35. The first-order valence-electron chi connectivity index (χ1n) is 5.27. The van der Waals surface area contributed by atoms with E-state index in [9.17, 15) is 0 Å². The van der Waals surface area contributed by atoms with Gasteiger partial charge in [0.15, 0.2) is 0 Å². The highest BCUT2D eigenvalue weighted by Crippen LogP contribution is 2.53. The molecule has 1 saturated carbocycles. The van der Waals surface area contributed by atoms with Crippen molar-refractivity contribution in [2.75, 3.05) is 5.32 Å². The van der Waals surface area contributed by atoms with Gasteiger partial charge in [-0.15, -0.1) is 0 Å². The average molecular weight is 190 g/mol. The number of rotatable bonds is 3. The molecule has 0 aromatic carbocycles. The predicted molar refractivity (Wildman–Crippen MR) is 59.2 cm³/mol. The van der Waals surface area contributed by atoms with Crippen molar-refractivity contribution in [3.05, 3.63) is 24.4 Å². The standard InChI is InChI=1S/C12H18N2/c1-9(10-8-12(10,2)3)14-11-6-4-5-7-13-11/h4-7,9-10H,8H2,1-3H3,(H,13,14). The Labute approximate surface area is 85.7 Å². The molecule has 2 heteroatoms. The van der Waals surface area contributed by atoms with E-state index in [4.69, 9.17) is 0 Å². The largest absolute Gasteiger partial charge is 0.367 e. The first kappa shape index (κ1) is 9.50. The van der Waals surface area contributed by atoms with Gasteiger partial charge in [0.05, 0.1) is 0 Å². The zero-order valence-electron chi connectivity index (χ0n) is 9.12. The van der Waals surface area contributed by atoms with E-state index in [0.717, 1.165) is 11.7 Å². The number of nitrogens with one attached hydrogen (secondary N) is 1. The summed E-state index contributed by atoms with van der Waals surface area (Å²) in [7, 11) is 0. The molecule has 1 N–H and O–H groups in total. The Hall–Kier alpha value is -1.05. The maximum absolute atomic E-state index is 4.27. The Morgan fingerprint density at radius 3 is 2.71 bits per heavy atom. The quantitative estimate of drug-likeness (QED) is 0.792. The van der Waals surface area contributed by atoms with Gasteiger partial charge in [-0.25, -0.2) is 4.98 Å². The number of hydrogen-bond donors (Lipinski definition) is 1. The number of hydrogen-bond acceptors (Lipinski definition) is 2. The summed E-state index contributed by atoms with van der Waals surface area (Å²) in [4.78, 5) is 4.27. The van der Waals surface area contributed by atoms with Crippen molar-refractivity contribution in [2.45, 2.75) is 33.2 Å². The maximum Gasteiger partial charge on any atom is 0.126 e. The van der Waals surface area contributed by atoms with Crippen molar-refractivity contribution >= 4 is 5.82 Å². The lowest BCUT2D eigenvalue weighted by atomic mass is 10.1. The molecule has 0 bridgehead atoms. The van der Waals surface area contributed by atoms with E-state index in [0.29, 0.717) is 11.5 Å². The minimum atomic E-state index is 0.528. The minimum Gasteiger partial charge on any atom is -0.367 e. The Morgan fingerprint density at radius 1 is 1.50 bits per heavy atom. The van der Waals surface area contributed by atoms with Gasteiger partial charge in [0.1, 0.15) is 5.82 Å². The lowest BCUT2D eigenvalue weighted by Gasteiger charge is -2.15. The molecule has 14 heavy (non-hydrogen) atoms. The molecule has 2 atom stereocenters. The van der Waals surface area contributed by atoms with Crippen LogP contribution in [0.25, 0.3) is 0 Å². The van der Waals surface area contributed by atoms with Crippen molar-refractivity contribution in [2.24, 2.45) is 11.3 Å². The summed E-state index contributed by atoms with van der Waals surface area (Å²) in [6.07, 6.45) is 3.15. The monoisotopic (exact) mass is 190 g/mol. The molecule has 1 aromatic rings. The Balaban J connectivity index is 1.93. The topological polar surface area (TPSA) is 24.9 Å². The summed E-state index contributed by atoms with van der Waals surface area (Å²) in [6.45, 7) is 6.90. The van der Waals surface area contributed by atoms with Crippen LogP contribution < -0.4 is 5.32 Å². The molecule has 0 saturated heterocycles. The zero-order valence-corrected chi connectivity index (χ0v) is 9.12. The molecule has 0 aliphatic heterocycles. The van der Waals surface area contributed by atoms with Crippen LogP contribution in [0.5, 0.6) is 0 Å². The molecule has 1 aliphatic rings. The van der Waals surface area contributed by atoms with Crippen LogP contribution in [0.15, 0.2) is 24.4 Å². The SMILES string of the molecule is CC(Nc1ccccn1)C1CC1(C)C. The summed E-state index contributed by atoms with van der Waals surface area (Å²) >= 11 is 0. The van der Waals surface area contributed by atoms with Crippen molar-refractivity contribution in [1.82, 2.24) is 4.98 Å². The first-order valence-corrected chi connectivity index (χ1v) is 5.27. The lowest BCUT2D eigenvalue weighted by molar-refractivity contribution is 0.518. The third kappa shape index (κ3) is 1.89. The Kier molecular flexibility index (Phi) is 2.22. The molecular formula is C12H18N2. The molecule has 1 fully saturated rings. The number of nitrogens with zero attached hydrogens (tertiary/aromatic N) is 1. The number of aromatic nitrogens is 1. The summed E-state index contributed by atoms with van der Waals surface area (Å²) in [6, 6.07) is 6.50. The van der Waals surface area contributed by atoms with Crippen molar-refractivity contribution in [3.63, 3.8) is 0 Å². The summed E-state index contributed by atoms with van der Waals surface area (Å²) in [5, 5.41) is 3.45. The molecule has 2 nitrogen and oxygen atoms in total. The fraction of sp³-hybridized carbons (Fsp3) is 0.583. The third-order valence-electron chi connectivity index (χ3n) is 3.23. The molecule has 0 amide bonds. The second-order valence-electron chi connectivity index (χ2n) is 4.95. The van der Waals surface area contributed by atoms with Crippen molar-refractivity contribution in [3.8, 4) is 0 Å². The van der Waals surface area contributed by atoms with Gasteiger partial charge in [0.25, 0.3) is 0 Å². The van der Waals surface area contributed by atoms with E-state index < -0.39 is 0 Å². The van der Waals surface area contributed by atoms with Crippen LogP contribution >= 0.6 is 0 Å². The van der Waals surface area contributed by atoms with Gasteiger partial charge < -0.3 is 5.32 Å². The Morgan fingerprint density at radius 2 is 2.21 bits per heavy atom. The fourth-order valence-corrected chi connectivity index (χ4v) is 2.14. The van der Waals surface area contributed by atoms with E-state index in [-0.39, 0.29) is 0 Å². The van der Waals surface area contributed by atoms with E-state index in [2.05, 4.69) is 31.1 Å². The van der Waals surface area contributed by atoms with Crippen LogP contribution in [0.4, 0.5) is 5.82 Å². The molecular weight excluding hydrogens is 172 g/mol. The number of anilines is 1. The second kappa shape index (κ2) is 3.26. The van der Waals surface area contributed by atoms with E-state index in [1.807, 2.05) is 24.4 Å². The number of pyridine rings is 1. The normalized spacial score (nSPS) is 25.5. The molecule has 1 aromatic heterocycles. The van der Waals surface area contributed by atoms with Gasteiger partial charge >= 0.3 is 0 Å². The van der Waals surface area contributed by atoms with Gasteiger partial charge in [-0.05, 0) is 36.8 Å². The van der Waals surface area contributed by atoms with Crippen LogP contribution in [-0.2, 0) is 0 Å². The van der Waals surface area contributed by atoms with Crippen LogP contribution in [0.3, 0.4) is 0 Å². The first-order chi connectivity index (χ1) is 6.59. The minimum absolute atomic E-state index is 0.528. The van der Waals surface area contributed by atoms with Crippen molar-refractivity contribution < 1.29 is 0 Å². The van der Waals surface area contributed by atoms with Gasteiger partial charge in [0.2, 0.25) is 0 Å². The van der Waals surface area contributed by atoms with Crippen LogP contribution in [0, 0.1) is 11.3 Å². The highest BCUT2D eigenvalue weighted by Gasteiger charge is 2.48. The van der Waals surface area contributed by atoms with E-state index in [1.165, 1.54) is 6.42 Å². The molecule has 76 valence electrons. The van der Waals surface area contributed by atoms with Gasteiger partial charge in [-0.3, -0.25) is 0 Å². The fourth-order valence-electron chi connectivity index (χ4n) is 2.14. The zero-order chi connectivity index (χ0) is 10.2. The smallest absolute Gasteiger partial charge is 0.126 e. The van der Waals surface area contributed by atoms with Crippen LogP contribution in [-0.4, -0.2) is 11.0 Å².